The van der Waals surface area contributed by atoms with Crippen molar-refractivity contribution in [3.8, 4) is 0 Å². The Balaban J connectivity index is 1.88. The van der Waals surface area contributed by atoms with Gasteiger partial charge < -0.3 is 0 Å². The van der Waals surface area contributed by atoms with Gasteiger partial charge in [0.1, 0.15) is 0 Å². The monoisotopic (exact) mass is 225 g/mol. The fourth-order valence-corrected chi connectivity index (χ4v) is 1.68. The Bertz CT molecular complexity index is 254. The Morgan fingerprint density at radius 3 is 2.83 bits per heavy atom. The van der Waals surface area contributed by atoms with Gasteiger partial charge >= 0.3 is 0 Å². The molecule has 1 aliphatic rings. The molecule has 0 bridgehead atoms. The summed E-state index contributed by atoms with van der Waals surface area (Å²) in [5.41, 5.74) is 1.21. The molecule has 0 atom stereocenters. The predicted octanol–water partition coefficient (Wildman–Crippen LogP) is 2.94. The summed E-state index contributed by atoms with van der Waals surface area (Å²) in [6, 6.07) is 6.11. The molecule has 1 aromatic rings. The van der Waals surface area contributed by atoms with E-state index < -0.39 is 0 Å². The predicted molar refractivity (Wildman–Crippen MR) is 53.5 cm³/mol. The van der Waals surface area contributed by atoms with Crippen LogP contribution in [-0.2, 0) is 6.42 Å². The highest BCUT2D eigenvalue weighted by Crippen LogP contribution is 2.47. The van der Waals surface area contributed by atoms with E-state index in [1.54, 1.807) is 0 Å². The van der Waals surface area contributed by atoms with Gasteiger partial charge in [-0.25, -0.2) is 0 Å². The molecule has 0 spiro atoms. The van der Waals surface area contributed by atoms with Crippen molar-refractivity contribution in [1.82, 2.24) is 4.98 Å². The number of rotatable bonds is 3. The maximum absolute atomic E-state index is 4.29. The summed E-state index contributed by atoms with van der Waals surface area (Å²) in [6.07, 6.45) is 6.86. The molecule has 0 radical (unpaired) electrons. The molecule has 0 unspecified atom stereocenters. The van der Waals surface area contributed by atoms with Crippen LogP contribution in [0.25, 0.3) is 0 Å². The molecule has 0 saturated heterocycles. The lowest BCUT2D eigenvalue weighted by Crippen LogP contribution is -2.00. The summed E-state index contributed by atoms with van der Waals surface area (Å²) in [5.74, 6) is 0. The Labute approximate surface area is 81.3 Å². The van der Waals surface area contributed by atoms with E-state index in [4.69, 9.17) is 0 Å². The lowest BCUT2D eigenvalue weighted by Gasteiger charge is -2.04. The van der Waals surface area contributed by atoms with Crippen molar-refractivity contribution in [1.29, 1.82) is 0 Å². The molecule has 1 aromatic heterocycles. The Hall–Kier alpha value is -0.370. The number of hydrogen-bond acceptors (Lipinski definition) is 1. The first-order chi connectivity index (χ1) is 5.79. The summed E-state index contributed by atoms with van der Waals surface area (Å²) >= 11 is 3.72. The first-order valence-electron chi connectivity index (χ1n) is 4.37. The van der Waals surface area contributed by atoms with E-state index in [9.17, 15) is 0 Å². The van der Waals surface area contributed by atoms with E-state index >= 15 is 0 Å². The number of alkyl halides is 1. The average molecular weight is 226 g/mol. The van der Waals surface area contributed by atoms with Crippen molar-refractivity contribution in [2.45, 2.75) is 30.0 Å². The van der Waals surface area contributed by atoms with Crippen LogP contribution < -0.4 is 0 Å². The lowest BCUT2D eigenvalue weighted by atomic mass is 10.1. The normalized spacial score (nSPS) is 19.1. The third-order valence-electron chi connectivity index (χ3n) is 2.35. The zero-order chi connectivity index (χ0) is 8.44. The molecule has 64 valence electrons. The number of halogens is 1. The number of hydrogen-bond donors (Lipinski definition) is 0. The van der Waals surface area contributed by atoms with Crippen LogP contribution in [0.2, 0.25) is 0 Å². The molecule has 2 rings (SSSR count). The van der Waals surface area contributed by atoms with Crippen LogP contribution in [0, 0.1) is 0 Å². The Morgan fingerprint density at radius 1 is 1.42 bits per heavy atom. The van der Waals surface area contributed by atoms with Crippen LogP contribution in [0.15, 0.2) is 24.4 Å². The number of aromatic nitrogens is 1. The van der Waals surface area contributed by atoms with E-state index in [0.29, 0.717) is 4.32 Å². The van der Waals surface area contributed by atoms with E-state index in [2.05, 4.69) is 33.0 Å². The fourth-order valence-electron chi connectivity index (χ4n) is 1.28. The van der Waals surface area contributed by atoms with Crippen molar-refractivity contribution in [3.63, 3.8) is 0 Å². The van der Waals surface area contributed by atoms with Gasteiger partial charge in [-0.15, -0.1) is 0 Å². The second kappa shape index (κ2) is 3.17. The molecule has 1 fully saturated rings. The molecule has 0 aromatic carbocycles. The van der Waals surface area contributed by atoms with E-state index in [-0.39, 0.29) is 0 Å². The SMILES string of the molecule is BrC1(CCc2ccccn2)CC1. The molecular formula is C10H12BrN. The highest BCUT2D eigenvalue weighted by molar-refractivity contribution is 9.10. The maximum Gasteiger partial charge on any atom is 0.0404 e. The molecule has 0 N–H and O–H groups in total. The molecule has 12 heavy (non-hydrogen) atoms. The van der Waals surface area contributed by atoms with Gasteiger partial charge in [0.2, 0.25) is 0 Å². The summed E-state index contributed by atoms with van der Waals surface area (Å²) < 4.78 is 0.477. The lowest BCUT2D eigenvalue weighted by molar-refractivity contribution is 0.764. The molecule has 1 aliphatic carbocycles. The van der Waals surface area contributed by atoms with Crippen molar-refractivity contribution in [2.24, 2.45) is 0 Å². The summed E-state index contributed by atoms with van der Waals surface area (Å²) in [5, 5.41) is 0. The molecule has 1 heterocycles. The first kappa shape index (κ1) is 8.24. The quantitative estimate of drug-likeness (QED) is 0.722. The van der Waals surface area contributed by atoms with Gasteiger partial charge in [-0.05, 0) is 37.8 Å². The molecule has 2 heteroatoms. The Morgan fingerprint density at radius 2 is 2.25 bits per heavy atom. The topological polar surface area (TPSA) is 12.9 Å². The highest BCUT2D eigenvalue weighted by atomic mass is 79.9. The third-order valence-corrected chi connectivity index (χ3v) is 3.54. The number of pyridine rings is 1. The van der Waals surface area contributed by atoms with Gasteiger partial charge in [0.15, 0.2) is 0 Å². The van der Waals surface area contributed by atoms with Crippen LogP contribution >= 0.6 is 15.9 Å². The summed E-state index contributed by atoms with van der Waals surface area (Å²) in [4.78, 5) is 4.29. The van der Waals surface area contributed by atoms with Gasteiger partial charge in [0, 0.05) is 16.2 Å². The van der Waals surface area contributed by atoms with Crippen molar-refractivity contribution in [3.05, 3.63) is 30.1 Å². The zero-order valence-corrected chi connectivity index (χ0v) is 8.55. The first-order valence-corrected chi connectivity index (χ1v) is 5.17. The van der Waals surface area contributed by atoms with E-state index in [1.165, 1.54) is 25.0 Å². The highest BCUT2D eigenvalue weighted by Gasteiger charge is 2.38. The fraction of sp³-hybridized carbons (Fsp3) is 0.500. The van der Waals surface area contributed by atoms with Gasteiger partial charge in [0.25, 0.3) is 0 Å². The van der Waals surface area contributed by atoms with E-state index in [1.807, 2.05) is 12.3 Å². The van der Waals surface area contributed by atoms with Crippen molar-refractivity contribution in [2.75, 3.05) is 0 Å². The van der Waals surface area contributed by atoms with Gasteiger partial charge in [0.05, 0.1) is 0 Å². The zero-order valence-electron chi connectivity index (χ0n) is 6.96. The van der Waals surface area contributed by atoms with Gasteiger partial charge in [-0.1, -0.05) is 22.0 Å². The second-order valence-electron chi connectivity index (χ2n) is 3.47. The summed E-state index contributed by atoms with van der Waals surface area (Å²) in [7, 11) is 0. The van der Waals surface area contributed by atoms with Crippen LogP contribution in [0.4, 0.5) is 0 Å². The van der Waals surface area contributed by atoms with Crippen LogP contribution in [0.3, 0.4) is 0 Å². The van der Waals surface area contributed by atoms with Crippen LogP contribution in [0.5, 0.6) is 0 Å². The van der Waals surface area contributed by atoms with Crippen molar-refractivity contribution < 1.29 is 0 Å². The van der Waals surface area contributed by atoms with Crippen LogP contribution in [0.1, 0.15) is 25.0 Å². The van der Waals surface area contributed by atoms with Crippen molar-refractivity contribution >= 4 is 15.9 Å². The van der Waals surface area contributed by atoms with Crippen LogP contribution in [-0.4, -0.2) is 9.31 Å². The minimum Gasteiger partial charge on any atom is -0.261 e. The van der Waals surface area contributed by atoms with Gasteiger partial charge in [-0.2, -0.15) is 0 Å². The molecule has 0 amide bonds. The molecular weight excluding hydrogens is 214 g/mol. The summed E-state index contributed by atoms with van der Waals surface area (Å²) in [6.45, 7) is 0. The molecule has 0 aliphatic heterocycles. The standard InChI is InChI=1S/C10H12BrN/c11-10(6-7-10)5-4-9-3-1-2-8-12-9/h1-3,8H,4-7H2. The minimum atomic E-state index is 0.477. The number of nitrogens with zero attached hydrogens (tertiary/aromatic N) is 1. The molecule has 1 saturated carbocycles. The third kappa shape index (κ3) is 2.07. The largest absolute Gasteiger partial charge is 0.261 e. The Kier molecular flexibility index (Phi) is 2.18. The maximum atomic E-state index is 4.29. The average Bonchev–Trinajstić information content (AvgIpc) is 2.84. The second-order valence-corrected chi connectivity index (χ2v) is 5.15. The van der Waals surface area contributed by atoms with Gasteiger partial charge in [-0.3, -0.25) is 4.98 Å². The molecule has 1 nitrogen and oxygen atoms in total. The number of aryl methyl sites for hydroxylation is 1. The minimum absolute atomic E-state index is 0.477. The van der Waals surface area contributed by atoms with E-state index in [0.717, 1.165) is 6.42 Å². The smallest absolute Gasteiger partial charge is 0.0404 e.